The highest BCUT2D eigenvalue weighted by Crippen LogP contribution is 2.33. The molecule has 3 rings (SSSR count). The molecule has 0 spiro atoms. The maximum atomic E-state index is 5.97. The van der Waals surface area contributed by atoms with Gasteiger partial charge in [-0.05, 0) is 33.4 Å². The molecule has 2 fully saturated rings. The first kappa shape index (κ1) is 14.6. The molecule has 116 valence electrons. The summed E-state index contributed by atoms with van der Waals surface area (Å²) in [5, 5.41) is 0. The first-order chi connectivity index (χ1) is 10.1. The van der Waals surface area contributed by atoms with Gasteiger partial charge in [-0.1, -0.05) is 19.3 Å². The lowest BCUT2D eigenvalue weighted by Crippen LogP contribution is -2.31. The lowest BCUT2D eigenvalue weighted by Gasteiger charge is -2.24. The Morgan fingerprint density at radius 1 is 1.14 bits per heavy atom. The molecule has 1 saturated heterocycles. The van der Waals surface area contributed by atoms with Crippen molar-refractivity contribution in [3.8, 4) is 0 Å². The minimum Gasteiger partial charge on any atom is -0.368 e. The molecule has 2 heterocycles. The monoisotopic (exact) mass is 289 g/mol. The molecule has 5 heteroatoms. The van der Waals surface area contributed by atoms with Crippen molar-refractivity contribution in [1.82, 2.24) is 14.9 Å². The van der Waals surface area contributed by atoms with E-state index in [-0.39, 0.29) is 0 Å². The first-order valence-corrected chi connectivity index (χ1v) is 8.19. The minimum absolute atomic E-state index is 0.432. The van der Waals surface area contributed by atoms with Crippen molar-refractivity contribution >= 4 is 11.8 Å². The van der Waals surface area contributed by atoms with Gasteiger partial charge in [-0.25, -0.2) is 4.98 Å². The molecule has 5 nitrogen and oxygen atoms in total. The summed E-state index contributed by atoms with van der Waals surface area (Å²) in [6, 6.07) is 2.80. The molecule has 1 aromatic heterocycles. The Hall–Kier alpha value is -1.36. The zero-order valence-electron chi connectivity index (χ0n) is 13.3. The van der Waals surface area contributed by atoms with Crippen LogP contribution in [0.15, 0.2) is 6.07 Å². The quantitative estimate of drug-likeness (QED) is 0.925. The van der Waals surface area contributed by atoms with Crippen LogP contribution in [0.3, 0.4) is 0 Å². The fraction of sp³-hybridized carbons (Fsp3) is 0.750. The molecule has 2 aliphatic rings. The van der Waals surface area contributed by atoms with E-state index in [9.17, 15) is 0 Å². The third-order valence-electron chi connectivity index (χ3n) is 4.99. The Balaban J connectivity index is 1.78. The van der Waals surface area contributed by atoms with Gasteiger partial charge in [0.1, 0.15) is 5.82 Å². The topological polar surface area (TPSA) is 58.3 Å². The molecule has 1 aromatic rings. The van der Waals surface area contributed by atoms with Crippen LogP contribution < -0.4 is 10.6 Å². The molecule has 0 aromatic carbocycles. The molecule has 2 N–H and O–H groups in total. The first-order valence-electron chi connectivity index (χ1n) is 8.19. The Morgan fingerprint density at radius 3 is 2.57 bits per heavy atom. The highest BCUT2D eigenvalue weighted by atomic mass is 15.3. The maximum absolute atomic E-state index is 5.97. The summed E-state index contributed by atoms with van der Waals surface area (Å²) in [5.41, 5.74) is 7.13. The van der Waals surface area contributed by atoms with Gasteiger partial charge in [-0.2, -0.15) is 4.98 Å². The Bertz CT molecular complexity index is 482. The third kappa shape index (κ3) is 3.28. The molecule has 0 amide bonds. The highest BCUT2D eigenvalue weighted by Gasteiger charge is 2.26. The van der Waals surface area contributed by atoms with Crippen molar-refractivity contribution in [2.75, 3.05) is 37.8 Å². The van der Waals surface area contributed by atoms with Crippen LogP contribution in [0.25, 0.3) is 0 Å². The molecule has 1 unspecified atom stereocenters. The predicted octanol–water partition coefficient (Wildman–Crippen LogP) is 2.25. The standard InChI is InChI=1S/C16H27N5/c1-20(2)13-8-9-21(11-13)15-10-14(18-16(17)19-15)12-6-4-3-5-7-12/h10,12-13H,3-9,11H2,1-2H3,(H2,17,18,19). The van der Waals surface area contributed by atoms with Gasteiger partial charge in [-0.15, -0.1) is 0 Å². The van der Waals surface area contributed by atoms with Gasteiger partial charge >= 0.3 is 0 Å². The van der Waals surface area contributed by atoms with Crippen LogP contribution in [0.1, 0.15) is 50.1 Å². The Morgan fingerprint density at radius 2 is 1.90 bits per heavy atom. The maximum Gasteiger partial charge on any atom is 0.222 e. The second-order valence-electron chi connectivity index (χ2n) is 6.70. The van der Waals surface area contributed by atoms with Gasteiger partial charge in [0.2, 0.25) is 5.95 Å². The van der Waals surface area contributed by atoms with Crippen LogP contribution in [0.5, 0.6) is 0 Å². The van der Waals surface area contributed by atoms with Crippen molar-refractivity contribution < 1.29 is 0 Å². The largest absolute Gasteiger partial charge is 0.368 e. The van der Waals surface area contributed by atoms with E-state index >= 15 is 0 Å². The van der Waals surface area contributed by atoms with Crippen molar-refractivity contribution in [2.45, 2.75) is 50.5 Å². The van der Waals surface area contributed by atoms with Crippen molar-refractivity contribution in [1.29, 1.82) is 0 Å². The number of anilines is 2. The van der Waals surface area contributed by atoms with Gasteiger partial charge in [0.15, 0.2) is 0 Å². The van der Waals surface area contributed by atoms with Crippen LogP contribution in [-0.4, -0.2) is 48.1 Å². The second kappa shape index (κ2) is 6.18. The SMILES string of the molecule is CN(C)C1CCN(c2cc(C3CCCCC3)nc(N)n2)C1. The Kier molecular flexibility index (Phi) is 4.29. The van der Waals surface area contributed by atoms with E-state index in [2.05, 4.69) is 39.9 Å². The lowest BCUT2D eigenvalue weighted by molar-refractivity contribution is 0.315. The zero-order valence-corrected chi connectivity index (χ0v) is 13.3. The van der Waals surface area contributed by atoms with Gasteiger partial charge in [0.05, 0.1) is 5.69 Å². The summed E-state index contributed by atoms with van der Waals surface area (Å²) in [6.07, 6.45) is 7.68. The van der Waals surface area contributed by atoms with E-state index in [0.717, 1.165) is 24.6 Å². The summed E-state index contributed by atoms with van der Waals surface area (Å²) < 4.78 is 0. The lowest BCUT2D eigenvalue weighted by atomic mass is 9.87. The van der Waals surface area contributed by atoms with Crippen molar-refractivity contribution in [3.05, 3.63) is 11.8 Å². The molecule has 1 atom stereocenters. The molecule has 1 aliphatic heterocycles. The number of likely N-dealkylation sites (N-methyl/N-ethyl adjacent to an activating group) is 1. The summed E-state index contributed by atoms with van der Waals surface area (Å²) in [4.78, 5) is 13.6. The number of rotatable bonds is 3. The van der Waals surface area contributed by atoms with Gasteiger partial charge < -0.3 is 15.5 Å². The predicted molar refractivity (Wildman–Crippen MR) is 86.6 cm³/mol. The molecule has 1 saturated carbocycles. The molecule has 0 radical (unpaired) electrons. The average molecular weight is 289 g/mol. The fourth-order valence-corrected chi connectivity index (χ4v) is 3.61. The number of nitrogens with zero attached hydrogens (tertiary/aromatic N) is 4. The van der Waals surface area contributed by atoms with Crippen LogP contribution in [0.4, 0.5) is 11.8 Å². The molecule has 21 heavy (non-hydrogen) atoms. The second-order valence-corrected chi connectivity index (χ2v) is 6.70. The molecular weight excluding hydrogens is 262 g/mol. The number of hydrogen-bond donors (Lipinski definition) is 1. The van der Waals surface area contributed by atoms with Crippen molar-refractivity contribution in [2.24, 2.45) is 0 Å². The number of nitrogens with two attached hydrogens (primary N) is 1. The molecule has 1 aliphatic carbocycles. The third-order valence-corrected chi connectivity index (χ3v) is 4.99. The number of nitrogen functional groups attached to an aromatic ring is 1. The zero-order chi connectivity index (χ0) is 14.8. The highest BCUT2D eigenvalue weighted by molar-refractivity contribution is 5.45. The normalized spacial score (nSPS) is 24.0. The minimum atomic E-state index is 0.432. The van der Waals surface area contributed by atoms with E-state index in [1.807, 2.05) is 0 Å². The van der Waals surface area contributed by atoms with Gasteiger partial charge in [0.25, 0.3) is 0 Å². The van der Waals surface area contributed by atoms with E-state index in [1.165, 1.54) is 38.5 Å². The van der Waals surface area contributed by atoms with E-state index < -0.39 is 0 Å². The molecular formula is C16H27N5. The van der Waals surface area contributed by atoms with Crippen LogP contribution >= 0.6 is 0 Å². The Labute approximate surface area is 127 Å². The van der Waals surface area contributed by atoms with Gasteiger partial charge in [-0.3, -0.25) is 0 Å². The van der Waals surface area contributed by atoms with E-state index in [4.69, 9.17) is 5.73 Å². The summed E-state index contributed by atoms with van der Waals surface area (Å²) >= 11 is 0. The van der Waals surface area contributed by atoms with Crippen LogP contribution in [0, 0.1) is 0 Å². The van der Waals surface area contributed by atoms with Crippen molar-refractivity contribution in [3.63, 3.8) is 0 Å². The van der Waals surface area contributed by atoms with Crippen LogP contribution in [0.2, 0.25) is 0 Å². The summed E-state index contributed by atoms with van der Waals surface area (Å²) in [6.45, 7) is 2.09. The van der Waals surface area contributed by atoms with Crippen LogP contribution in [-0.2, 0) is 0 Å². The number of aromatic nitrogens is 2. The summed E-state index contributed by atoms with van der Waals surface area (Å²) in [5.74, 6) is 2.03. The smallest absolute Gasteiger partial charge is 0.222 e. The molecule has 0 bridgehead atoms. The van der Waals surface area contributed by atoms with Gasteiger partial charge in [0, 0.05) is 31.1 Å². The van der Waals surface area contributed by atoms with E-state index in [1.54, 1.807) is 0 Å². The number of hydrogen-bond acceptors (Lipinski definition) is 5. The average Bonchev–Trinajstić information content (AvgIpc) is 2.98. The summed E-state index contributed by atoms with van der Waals surface area (Å²) in [7, 11) is 4.30. The fourth-order valence-electron chi connectivity index (χ4n) is 3.61. The van der Waals surface area contributed by atoms with E-state index in [0.29, 0.717) is 17.9 Å².